The standard InChI is InChI=1S/C21H24N2O4S/c1-16-5-3-6-17(11-16)23-15-21(13-20(23)24)9-10-22(14-21)28(25,26)19-8-4-7-18(12-19)27-2/h3-8,11-12H,9-10,13-15H2,1-2H3. The minimum Gasteiger partial charge on any atom is -0.497 e. The van der Waals surface area contributed by atoms with Crippen LogP contribution in [0.4, 0.5) is 5.69 Å². The Morgan fingerprint density at radius 3 is 2.61 bits per heavy atom. The maximum Gasteiger partial charge on any atom is 0.243 e. The molecule has 148 valence electrons. The highest BCUT2D eigenvalue weighted by molar-refractivity contribution is 7.89. The predicted octanol–water partition coefficient (Wildman–Crippen LogP) is 2.82. The van der Waals surface area contributed by atoms with E-state index in [4.69, 9.17) is 4.74 Å². The third kappa shape index (κ3) is 3.29. The number of hydrogen-bond acceptors (Lipinski definition) is 4. The van der Waals surface area contributed by atoms with Gasteiger partial charge in [-0.05, 0) is 43.2 Å². The van der Waals surface area contributed by atoms with Gasteiger partial charge in [-0.2, -0.15) is 4.31 Å². The molecular formula is C21H24N2O4S. The molecule has 2 aliphatic heterocycles. The van der Waals surface area contributed by atoms with E-state index in [1.165, 1.54) is 11.4 Å². The Morgan fingerprint density at radius 2 is 1.86 bits per heavy atom. The molecule has 0 N–H and O–H groups in total. The van der Waals surface area contributed by atoms with Crippen LogP contribution in [0.15, 0.2) is 53.4 Å². The molecule has 2 aliphatic rings. The van der Waals surface area contributed by atoms with Crippen LogP contribution in [-0.2, 0) is 14.8 Å². The smallest absolute Gasteiger partial charge is 0.243 e. The molecule has 0 aliphatic carbocycles. The third-order valence-corrected chi connectivity index (χ3v) is 7.56. The van der Waals surface area contributed by atoms with Gasteiger partial charge in [-0.3, -0.25) is 4.79 Å². The van der Waals surface area contributed by atoms with Crippen molar-refractivity contribution in [1.29, 1.82) is 0 Å². The molecule has 1 amide bonds. The van der Waals surface area contributed by atoms with Gasteiger partial charge in [0.05, 0.1) is 12.0 Å². The zero-order valence-corrected chi connectivity index (χ0v) is 16.9. The normalized spacial score (nSPS) is 22.9. The zero-order chi connectivity index (χ0) is 19.9. The lowest BCUT2D eigenvalue weighted by atomic mass is 9.86. The van der Waals surface area contributed by atoms with Crippen molar-refractivity contribution in [2.24, 2.45) is 5.41 Å². The molecule has 0 radical (unpaired) electrons. The van der Waals surface area contributed by atoms with Gasteiger partial charge in [0.15, 0.2) is 0 Å². The molecule has 2 fully saturated rings. The molecule has 1 atom stereocenters. The first-order valence-corrected chi connectivity index (χ1v) is 10.8. The zero-order valence-electron chi connectivity index (χ0n) is 16.1. The van der Waals surface area contributed by atoms with Gasteiger partial charge in [-0.15, -0.1) is 0 Å². The van der Waals surface area contributed by atoms with E-state index in [2.05, 4.69) is 0 Å². The Kier molecular flexibility index (Phi) is 4.67. The summed E-state index contributed by atoms with van der Waals surface area (Å²) in [6, 6.07) is 14.4. The van der Waals surface area contributed by atoms with Gasteiger partial charge in [-0.25, -0.2) is 8.42 Å². The molecule has 28 heavy (non-hydrogen) atoms. The first kappa shape index (κ1) is 19.0. The van der Waals surface area contributed by atoms with Gasteiger partial charge in [0, 0.05) is 43.2 Å². The molecule has 0 bridgehead atoms. The summed E-state index contributed by atoms with van der Waals surface area (Å²) >= 11 is 0. The maximum atomic E-state index is 13.1. The second-order valence-corrected chi connectivity index (χ2v) is 9.70. The van der Waals surface area contributed by atoms with Gasteiger partial charge in [0.25, 0.3) is 0 Å². The lowest BCUT2D eigenvalue weighted by Gasteiger charge is -2.24. The van der Waals surface area contributed by atoms with Crippen LogP contribution >= 0.6 is 0 Å². The fraction of sp³-hybridized carbons (Fsp3) is 0.381. The van der Waals surface area contributed by atoms with Crippen molar-refractivity contribution in [3.8, 4) is 5.75 Å². The molecule has 1 spiro atoms. The van der Waals surface area contributed by atoms with E-state index in [1.54, 1.807) is 29.2 Å². The summed E-state index contributed by atoms with van der Waals surface area (Å²) in [4.78, 5) is 14.7. The predicted molar refractivity (Wildman–Crippen MR) is 107 cm³/mol. The highest BCUT2D eigenvalue weighted by Crippen LogP contribution is 2.43. The van der Waals surface area contributed by atoms with E-state index in [0.717, 1.165) is 11.3 Å². The van der Waals surface area contributed by atoms with Gasteiger partial charge < -0.3 is 9.64 Å². The monoisotopic (exact) mass is 400 g/mol. The number of nitrogens with zero attached hydrogens (tertiary/aromatic N) is 2. The largest absolute Gasteiger partial charge is 0.497 e. The SMILES string of the molecule is COc1cccc(S(=O)(=O)N2CCC3(CC(=O)N(c4cccc(C)c4)C3)C2)c1. The van der Waals surface area contributed by atoms with Crippen LogP contribution < -0.4 is 9.64 Å². The van der Waals surface area contributed by atoms with Crippen LogP contribution in [0.1, 0.15) is 18.4 Å². The third-order valence-electron chi connectivity index (χ3n) is 5.72. The lowest BCUT2D eigenvalue weighted by molar-refractivity contribution is -0.117. The Morgan fingerprint density at radius 1 is 1.07 bits per heavy atom. The van der Waals surface area contributed by atoms with Gasteiger partial charge in [0.2, 0.25) is 15.9 Å². The molecule has 4 rings (SSSR count). The number of carbonyl (C=O) groups excluding carboxylic acids is 1. The Balaban J connectivity index is 1.56. The number of benzene rings is 2. The topological polar surface area (TPSA) is 66.9 Å². The molecule has 2 aromatic rings. The summed E-state index contributed by atoms with van der Waals surface area (Å²) in [5, 5.41) is 0. The summed E-state index contributed by atoms with van der Waals surface area (Å²) in [6.07, 6.45) is 1.06. The van der Waals surface area contributed by atoms with Crippen LogP contribution in [0.3, 0.4) is 0 Å². The minimum atomic E-state index is -3.62. The quantitative estimate of drug-likeness (QED) is 0.792. The number of anilines is 1. The van der Waals surface area contributed by atoms with E-state index in [-0.39, 0.29) is 16.2 Å². The first-order chi connectivity index (χ1) is 13.3. The number of ether oxygens (including phenoxy) is 1. The number of aryl methyl sites for hydroxylation is 1. The van der Waals surface area contributed by atoms with E-state index >= 15 is 0 Å². The molecule has 0 saturated carbocycles. The van der Waals surface area contributed by atoms with Gasteiger partial charge >= 0.3 is 0 Å². The van der Waals surface area contributed by atoms with Crippen molar-refractivity contribution in [3.63, 3.8) is 0 Å². The number of hydrogen-bond donors (Lipinski definition) is 0. The fourth-order valence-electron chi connectivity index (χ4n) is 4.21. The van der Waals surface area contributed by atoms with Crippen LogP contribution in [0.5, 0.6) is 5.75 Å². The molecule has 2 heterocycles. The maximum absolute atomic E-state index is 13.1. The number of methoxy groups -OCH3 is 1. The average molecular weight is 401 g/mol. The molecule has 0 aromatic heterocycles. The van der Waals surface area contributed by atoms with Crippen LogP contribution in [0.2, 0.25) is 0 Å². The van der Waals surface area contributed by atoms with E-state index < -0.39 is 10.0 Å². The van der Waals surface area contributed by atoms with Crippen LogP contribution in [0.25, 0.3) is 0 Å². The lowest BCUT2D eigenvalue weighted by Crippen LogP contribution is -2.34. The van der Waals surface area contributed by atoms with Crippen molar-refractivity contribution in [2.75, 3.05) is 31.6 Å². The summed E-state index contributed by atoms with van der Waals surface area (Å²) in [5.41, 5.74) is 1.66. The highest BCUT2D eigenvalue weighted by atomic mass is 32.2. The number of rotatable bonds is 4. The average Bonchev–Trinajstić information content (AvgIpc) is 3.25. The molecule has 7 heteroatoms. The molecule has 1 unspecified atom stereocenters. The fourth-order valence-corrected chi connectivity index (χ4v) is 5.80. The van der Waals surface area contributed by atoms with E-state index in [0.29, 0.717) is 38.2 Å². The number of amides is 1. The van der Waals surface area contributed by atoms with E-state index in [9.17, 15) is 13.2 Å². The summed E-state index contributed by atoms with van der Waals surface area (Å²) in [6.45, 7) is 3.34. The second-order valence-electron chi connectivity index (χ2n) is 7.76. The van der Waals surface area contributed by atoms with Crippen molar-refractivity contribution in [2.45, 2.75) is 24.7 Å². The first-order valence-electron chi connectivity index (χ1n) is 9.34. The minimum absolute atomic E-state index is 0.0613. The van der Waals surface area contributed by atoms with Crippen molar-refractivity contribution >= 4 is 21.6 Å². The summed E-state index contributed by atoms with van der Waals surface area (Å²) in [7, 11) is -2.10. The second kappa shape index (κ2) is 6.90. The molecular weight excluding hydrogens is 376 g/mol. The highest BCUT2D eigenvalue weighted by Gasteiger charge is 2.50. The van der Waals surface area contributed by atoms with E-state index in [1.807, 2.05) is 31.2 Å². The molecule has 6 nitrogen and oxygen atoms in total. The number of carbonyl (C=O) groups is 1. The molecule has 2 aromatic carbocycles. The van der Waals surface area contributed by atoms with Gasteiger partial charge in [0.1, 0.15) is 5.75 Å². The Bertz CT molecular complexity index is 1020. The molecule has 2 saturated heterocycles. The van der Waals surface area contributed by atoms with Crippen molar-refractivity contribution in [1.82, 2.24) is 4.31 Å². The Labute approximate surface area is 165 Å². The Hall–Kier alpha value is -2.38. The van der Waals surface area contributed by atoms with Gasteiger partial charge in [-0.1, -0.05) is 18.2 Å². The summed E-state index contributed by atoms with van der Waals surface area (Å²) < 4.78 is 32.9. The number of sulfonamides is 1. The van der Waals surface area contributed by atoms with Crippen molar-refractivity contribution < 1.29 is 17.9 Å². The van der Waals surface area contributed by atoms with Crippen LogP contribution in [0, 0.1) is 12.3 Å². The summed E-state index contributed by atoms with van der Waals surface area (Å²) in [5.74, 6) is 0.572. The van der Waals surface area contributed by atoms with Crippen LogP contribution in [-0.4, -0.2) is 45.4 Å². The van der Waals surface area contributed by atoms with Crippen molar-refractivity contribution in [3.05, 3.63) is 54.1 Å².